The van der Waals surface area contributed by atoms with Gasteiger partial charge in [0.1, 0.15) is 24.2 Å². The second-order valence-electron chi connectivity index (χ2n) is 9.75. The maximum atomic E-state index is 14.9. The van der Waals surface area contributed by atoms with E-state index in [9.17, 15) is 26.8 Å². The van der Waals surface area contributed by atoms with Crippen LogP contribution in [0.25, 0.3) is 0 Å². The molecule has 1 N–H and O–H groups in total. The number of nitrogens with zero attached hydrogens (tertiary/aromatic N) is 3. The topological polar surface area (TPSA) is 90.0 Å². The van der Waals surface area contributed by atoms with Gasteiger partial charge in [-0.25, -0.2) is 13.1 Å². The number of benzene rings is 3. The largest absolute Gasteiger partial charge is 0.354 e. The first kappa shape index (κ1) is 31.7. The van der Waals surface area contributed by atoms with Crippen molar-refractivity contribution in [2.75, 3.05) is 31.5 Å². The standard InChI is InChI=1S/C30H36F2N4O4S/c1-4-5-19-33-30(38)28(20-23-11-7-6-8-12-23)35(21-24-15-17-25(31)18-16-24)29(37)22-36(41(39,40)34(2)3)27-14-10-9-13-26(27)32/h6-18,28H,4-5,19-22H2,1-3H3,(H,33,38). The van der Waals surface area contributed by atoms with Gasteiger partial charge < -0.3 is 10.2 Å². The average molecular weight is 587 g/mol. The summed E-state index contributed by atoms with van der Waals surface area (Å²) in [6.07, 6.45) is 1.73. The fourth-order valence-corrected chi connectivity index (χ4v) is 5.27. The summed E-state index contributed by atoms with van der Waals surface area (Å²) in [5, 5.41) is 2.88. The van der Waals surface area contributed by atoms with Crippen LogP contribution in [0.2, 0.25) is 0 Å². The number of anilines is 1. The number of para-hydroxylation sites is 1. The number of amides is 2. The number of carbonyl (C=O) groups excluding carboxylic acids is 2. The summed E-state index contributed by atoms with van der Waals surface area (Å²) < 4.78 is 56.7. The van der Waals surface area contributed by atoms with Crippen molar-refractivity contribution in [2.45, 2.75) is 38.8 Å². The molecule has 0 spiro atoms. The van der Waals surface area contributed by atoms with Crippen LogP contribution < -0.4 is 9.62 Å². The Labute approximate surface area is 240 Å². The Morgan fingerprint density at radius 1 is 0.878 bits per heavy atom. The number of hydrogen-bond donors (Lipinski definition) is 1. The molecule has 0 aliphatic rings. The van der Waals surface area contributed by atoms with Crippen LogP contribution in [-0.2, 0) is 32.8 Å². The molecule has 41 heavy (non-hydrogen) atoms. The lowest BCUT2D eigenvalue weighted by molar-refractivity contribution is -0.140. The minimum absolute atomic E-state index is 0.106. The lowest BCUT2D eigenvalue weighted by atomic mass is 10.0. The smallest absolute Gasteiger partial charge is 0.304 e. The number of halogens is 2. The Kier molecular flexibility index (Phi) is 11.4. The highest BCUT2D eigenvalue weighted by Gasteiger charge is 2.35. The third-order valence-electron chi connectivity index (χ3n) is 6.51. The van der Waals surface area contributed by atoms with Gasteiger partial charge in [-0.3, -0.25) is 9.59 Å². The Morgan fingerprint density at radius 2 is 1.51 bits per heavy atom. The predicted molar refractivity (Wildman–Crippen MR) is 155 cm³/mol. The third kappa shape index (κ3) is 8.58. The molecular weight excluding hydrogens is 550 g/mol. The van der Waals surface area contributed by atoms with Crippen LogP contribution in [0, 0.1) is 11.6 Å². The zero-order valence-electron chi connectivity index (χ0n) is 23.5. The van der Waals surface area contributed by atoms with Crippen molar-refractivity contribution >= 4 is 27.7 Å². The van der Waals surface area contributed by atoms with Gasteiger partial charge in [0.2, 0.25) is 11.8 Å². The van der Waals surface area contributed by atoms with Crippen molar-refractivity contribution in [3.63, 3.8) is 0 Å². The van der Waals surface area contributed by atoms with Gasteiger partial charge in [0.05, 0.1) is 5.69 Å². The zero-order chi connectivity index (χ0) is 30.0. The van der Waals surface area contributed by atoms with Crippen LogP contribution in [0.15, 0.2) is 78.9 Å². The van der Waals surface area contributed by atoms with E-state index in [-0.39, 0.29) is 18.7 Å². The molecule has 1 atom stereocenters. The SMILES string of the molecule is CCCCNC(=O)C(Cc1ccccc1)N(Cc1ccc(F)cc1)C(=O)CN(c1ccccc1F)S(=O)(=O)N(C)C. The molecule has 0 fully saturated rings. The van der Waals surface area contributed by atoms with E-state index >= 15 is 0 Å². The minimum atomic E-state index is -4.31. The number of unbranched alkanes of at least 4 members (excludes halogenated alkanes) is 1. The molecule has 0 aromatic heterocycles. The zero-order valence-corrected chi connectivity index (χ0v) is 24.3. The van der Waals surface area contributed by atoms with Crippen LogP contribution in [0.4, 0.5) is 14.5 Å². The fourth-order valence-electron chi connectivity index (χ4n) is 4.20. The molecule has 0 radical (unpaired) electrons. The second-order valence-corrected chi connectivity index (χ2v) is 11.8. The Hall–Kier alpha value is -3.83. The summed E-state index contributed by atoms with van der Waals surface area (Å²) >= 11 is 0. The van der Waals surface area contributed by atoms with Crippen LogP contribution in [-0.4, -0.2) is 62.7 Å². The molecule has 0 saturated carbocycles. The molecule has 8 nitrogen and oxygen atoms in total. The molecule has 0 aliphatic heterocycles. The molecule has 11 heteroatoms. The number of carbonyl (C=O) groups is 2. The summed E-state index contributed by atoms with van der Waals surface area (Å²) in [5.74, 6) is -2.43. The highest BCUT2D eigenvalue weighted by Crippen LogP contribution is 2.24. The molecule has 2 amide bonds. The Bertz CT molecular complexity index is 1400. The maximum Gasteiger partial charge on any atom is 0.304 e. The van der Waals surface area contributed by atoms with Gasteiger partial charge in [-0.1, -0.05) is 67.9 Å². The van der Waals surface area contributed by atoms with E-state index in [1.165, 1.54) is 61.5 Å². The molecule has 3 rings (SSSR count). The molecule has 0 heterocycles. The average Bonchev–Trinajstić information content (AvgIpc) is 2.95. The van der Waals surface area contributed by atoms with E-state index in [1.807, 2.05) is 37.3 Å². The van der Waals surface area contributed by atoms with Crippen LogP contribution in [0.1, 0.15) is 30.9 Å². The highest BCUT2D eigenvalue weighted by atomic mass is 32.2. The number of nitrogens with one attached hydrogen (secondary N) is 1. The summed E-state index contributed by atoms with van der Waals surface area (Å²) in [6, 6.07) is 18.8. The summed E-state index contributed by atoms with van der Waals surface area (Å²) in [6.45, 7) is 1.51. The van der Waals surface area contributed by atoms with Crippen LogP contribution >= 0.6 is 0 Å². The molecule has 0 bridgehead atoms. The normalized spacial score (nSPS) is 12.1. The van der Waals surface area contributed by atoms with Crippen molar-refractivity contribution in [3.05, 3.63) is 102 Å². The van der Waals surface area contributed by atoms with Gasteiger partial charge >= 0.3 is 10.2 Å². The van der Waals surface area contributed by atoms with Crippen molar-refractivity contribution < 1.29 is 26.8 Å². The first-order valence-corrected chi connectivity index (χ1v) is 14.7. The van der Waals surface area contributed by atoms with Crippen molar-refractivity contribution in [1.29, 1.82) is 0 Å². The summed E-state index contributed by atoms with van der Waals surface area (Å²) in [5.41, 5.74) is 1.02. The van der Waals surface area contributed by atoms with E-state index in [0.717, 1.165) is 28.8 Å². The summed E-state index contributed by atoms with van der Waals surface area (Å²) in [4.78, 5) is 28.9. The van der Waals surface area contributed by atoms with E-state index in [0.29, 0.717) is 16.4 Å². The van der Waals surface area contributed by atoms with E-state index in [4.69, 9.17) is 0 Å². The van der Waals surface area contributed by atoms with Gasteiger partial charge in [0.15, 0.2) is 0 Å². The molecular formula is C30H36F2N4O4S. The van der Waals surface area contributed by atoms with E-state index < -0.39 is 46.2 Å². The van der Waals surface area contributed by atoms with Crippen molar-refractivity contribution in [2.24, 2.45) is 0 Å². The van der Waals surface area contributed by atoms with Gasteiger partial charge in [0, 0.05) is 33.6 Å². The second kappa shape index (κ2) is 14.7. The predicted octanol–water partition coefficient (Wildman–Crippen LogP) is 4.13. The monoisotopic (exact) mass is 586 g/mol. The van der Waals surface area contributed by atoms with E-state index in [1.54, 1.807) is 0 Å². The van der Waals surface area contributed by atoms with Gasteiger partial charge in [-0.2, -0.15) is 12.7 Å². The van der Waals surface area contributed by atoms with E-state index in [2.05, 4.69) is 5.32 Å². The molecule has 220 valence electrons. The molecule has 0 saturated heterocycles. The lowest BCUT2D eigenvalue weighted by Crippen LogP contribution is -2.54. The van der Waals surface area contributed by atoms with Gasteiger partial charge in [-0.05, 0) is 41.8 Å². The first-order valence-electron chi connectivity index (χ1n) is 13.3. The molecule has 3 aromatic rings. The molecule has 3 aromatic carbocycles. The highest BCUT2D eigenvalue weighted by molar-refractivity contribution is 7.90. The minimum Gasteiger partial charge on any atom is -0.354 e. The third-order valence-corrected chi connectivity index (χ3v) is 8.31. The Balaban J connectivity index is 2.08. The number of hydrogen-bond acceptors (Lipinski definition) is 4. The molecule has 1 unspecified atom stereocenters. The van der Waals surface area contributed by atoms with Crippen molar-refractivity contribution in [3.8, 4) is 0 Å². The lowest BCUT2D eigenvalue weighted by Gasteiger charge is -2.34. The van der Waals surface area contributed by atoms with Crippen molar-refractivity contribution in [1.82, 2.24) is 14.5 Å². The molecule has 0 aliphatic carbocycles. The maximum absolute atomic E-state index is 14.9. The summed E-state index contributed by atoms with van der Waals surface area (Å²) in [7, 11) is -1.75. The fraction of sp³-hybridized carbons (Fsp3) is 0.333. The van der Waals surface area contributed by atoms with Gasteiger partial charge in [-0.15, -0.1) is 0 Å². The Morgan fingerprint density at radius 3 is 2.12 bits per heavy atom. The van der Waals surface area contributed by atoms with Gasteiger partial charge in [0.25, 0.3) is 0 Å². The quantitative estimate of drug-likeness (QED) is 0.288. The van der Waals surface area contributed by atoms with Crippen LogP contribution in [0.3, 0.4) is 0 Å². The number of rotatable bonds is 14. The first-order chi connectivity index (χ1) is 19.5. The van der Waals surface area contributed by atoms with Crippen LogP contribution in [0.5, 0.6) is 0 Å².